The fourth-order valence-corrected chi connectivity index (χ4v) is 2.29. The van der Waals surface area contributed by atoms with Crippen LogP contribution >= 0.6 is 0 Å². The molecule has 0 aliphatic carbocycles. The number of anilines is 2. The molecular weight excluding hydrogens is 214 g/mol. The van der Waals surface area contributed by atoms with Crippen LogP contribution in [0.5, 0.6) is 5.75 Å². The zero-order chi connectivity index (χ0) is 12.3. The van der Waals surface area contributed by atoms with E-state index in [0.29, 0.717) is 11.7 Å². The quantitative estimate of drug-likeness (QED) is 0.781. The lowest BCUT2D eigenvalue weighted by molar-refractivity contribution is 0.322. The van der Waals surface area contributed by atoms with E-state index in [1.54, 1.807) is 7.11 Å². The highest BCUT2D eigenvalue weighted by Gasteiger charge is 2.20. The Hall–Kier alpha value is -1.42. The summed E-state index contributed by atoms with van der Waals surface area (Å²) in [5.74, 6) is 0.731. The van der Waals surface area contributed by atoms with Crippen molar-refractivity contribution in [3.05, 3.63) is 18.2 Å². The molecule has 1 aliphatic rings. The van der Waals surface area contributed by atoms with Crippen LogP contribution in [-0.2, 0) is 0 Å². The number of rotatable bonds is 4. The lowest BCUT2D eigenvalue weighted by atomic mass is 10.2. The summed E-state index contributed by atoms with van der Waals surface area (Å²) in [7, 11) is 3.82. The van der Waals surface area contributed by atoms with Crippen molar-refractivity contribution >= 4 is 11.4 Å². The van der Waals surface area contributed by atoms with Crippen LogP contribution < -0.4 is 15.8 Å². The van der Waals surface area contributed by atoms with Gasteiger partial charge in [-0.05, 0) is 38.6 Å². The molecule has 4 heteroatoms. The average molecular weight is 235 g/mol. The van der Waals surface area contributed by atoms with Crippen LogP contribution in [0.25, 0.3) is 0 Å². The number of nitrogens with zero attached hydrogens (tertiary/aromatic N) is 1. The average Bonchev–Trinajstić information content (AvgIpc) is 2.74. The van der Waals surface area contributed by atoms with Gasteiger partial charge in [0, 0.05) is 24.3 Å². The largest absolute Gasteiger partial charge is 0.495 e. The molecular formula is C13H21N3O. The van der Waals surface area contributed by atoms with Crippen LogP contribution in [0.15, 0.2) is 18.2 Å². The smallest absolute Gasteiger partial charge is 0.143 e. The molecule has 1 aromatic rings. The highest BCUT2D eigenvalue weighted by atomic mass is 16.5. The van der Waals surface area contributed by atoms with Crippen LogP contribution in [0.3, 0.4) is 0 Å². The van der Waals surface area contributed by atoms with Gasteiger partial charge in [-0.15, -0.1) is 0 Å². The Bertz CT molecular complexity index is 381. The number of likely N-dealkylation sites (tertiary alicyclic amines) is 1. The van der Waals surface area contributed by atoms with Crippen molar-refractivity contribution in [3.63, 3.8) is 0 Å². The van der Waals surface area contributed by atoms with Gasteiger partial charge >= 0.3 is 0 Å². The molecule has 0 amide bonds. The number of nitrogen functional groups attached to an aromatic ring is 1. The summed E-state index contributed by atoms with van der Waals surface area (Å²) >= 11 is 0. The Morgan fingerprint density at radius 1 is 1.53 bits per heavy atom. The number of hydrogen-bond acceptors (Lipinski definition) is 4. The summed E-state index contributed by atoms with van der Waals surface area (Å²) in [6.07, 6.45) is 2.57. The molecule has 0 bridgehead atoms. The maximum atomic E-state index is 5.78. The van der Waals surface area contributed by atoms with Crippen molar-refractivity contribution < 1.29 is 4.74 Å². The zero-order valence-corrected chi connectivity index (χ0v) is 10.6. The highest BCUT2D eigenvalue weighted by molar-refractivity contribution is 5.61. The van der Waals surface area contributed by atoms with E-state index < -0.39 is 0 Å². The highest BCUT2D eigenvalue weighted by Crippen LogP contribution is 2.25. The van der Waals surface area contributed by atoms with Crippen LogP contribution in [0, 0.1) is 0 Å². The molecule has 1 unspecified atom stereocenters. The topological polar surface area (TPSA) is 50.5 Å². The number of likely N-dealkylation sites (N-methyl/N-ethyl adjacent to an activating group) is 1. The van der Waals surface area contributed by atoms with Crippen molar-refractivity contribution in [1.29, 1.82) is 0 Å². The standard InChI is InChI=1S/C13H21N3O/c1-16-7-3-4-11(16)9-15-10-5-6-12(14)13(8-10)17-2/h5-6,8,11,15H,3-4,7,9,14H2,1-2H3. The van der Waals surface area contributed by atoms with Gasteiger partial charge in [-0.1, -0.05) is 0 Å². The van der Waals surface area contributed by atoms with E-state index in [1.807, 2.05) is 18.2 Å². The van der Waals surface area contributed by atoms with Crippen LogP contribution in [0.2, 0.25) is 0 Å². The second-order valence-corrected chi connectivity index (χ2v) is 4.61. The Morgan fingerprint density at radius 2 is 2.35 bits per heavy atom. The zero-order valence-electron chi connectivity index (χ0n) is 10.6. The summed E-state index contributed by atoms with van der Waals surface area (Å²) in [5, 5.41) is 3.44. The number of ether oxygens (including phenoxy) is 1. The molecule has 1 aliphatic heterocycles. The summed E-state index contributed by atoms with van der Waals surface area (Å²) in [4.78, 5) is 2.40. The normalized spacial score (nSPS) is 20.5. The van der Waals surface area contributed by atoms with Crippen molar-refractivity contribution in [2.75, 3.05) is 38.3 Å². The Morgan fingerprint density at radius 3 is 3.00 bits per heavy atom. The third-order valence-electron chi connectivity index (χ3n) is 3.45. The lowest BCUT2D eigenvalue weighted by Gasteiger charge is -2.20. The van der Waals surface area contributed by atoms with Gasteiger partial charge in [0.1, 0.15) is 5.75 Å². The third-order valence-corrected chi connectivity index (χ3v) is 3.45. The van der Waals surface area contributed by atoms with Gasteiger partial charge in [0.15, 0.2) is 0 Å². The number of benzene rings is 1. The molecule has 0 saturated carbocycles. The molecule has 4 nitrogen and oxygen atoms in total. The van der Waals surface area contributed by atoms with E-state index in [2.05, 4.69) is 17.3 Å². The van der Waals surface area contributed by atoms with Crippen molar-refractivity contribution in [2.45, 2.75) is 18.9 Å². The maximum Gasteiger partial charge on any atom is 0.143 e. The molecule has 1 fully saturated rings. The predicted octanol–water partition coefficient (Wildman–Crippen LogP) is 1.78. The molecule has 0 radical (unpaired) electrons. The predicted molar refractivity (Wildman–Crippen MR) is 71.5 cm³/mol. The maximum absolute atomic E-state index is 5.78. The Kier molecular flexibility index (Phi) is 3.74. The van der Waals surface area contributed by atoms with E-state index >= 15 is 0 Å². The van der Waals surface area contributed by atoms with Crippen LogP contribution in [-0.4, -0.2) is 38.2 Å². The molecule has 94 valence electrons. The number of nitrogens with two attached hydrogens (primary N) is 1. The van der Waals surface area contributed by atoms with E-state index in [4.69, 9.17) is 10.5 Å². The Balaban J connectivity index is 1.94. The van der Waals surface area contributed by atoms with E-state index in [1.165, 1.54) is 19.4 Å². The first-order chi connectivity index (χ1) is 8.20. The van der Waals surface area contributed by atoms with E-state index in [0.717, 1.165) is 18.0 Å². The van der Waals surface area contributed by atoms with Gasteiger partial charge < -0.3 is 20.7 Å². The minimum atomic E-state index is 0.638. The molecule has 1 saturated heterocycles. The van der Waals surface area contributed by atoms with E-state index in [-0.39, 0.29) is 0 Å². The summed E-state index contributed by atoms with van der Waals surface area (Å²) < 4.78 is 5.20. The summed E-state index contributed by atoms with van der Waals surface area (Å²) in [6.45, 7) is 2.18. The molecule has 1 aromatic carbocycles. The van der Waals surface area contributed by atoms with E-state index in [9.17, 15) is 0 Å². The number of methoxy groups -OCH3 is 1. The number of hydrogen-bond donors (Lipinski definition) is 2. The molecule has 1 heterocycles. The van der Waals surface area contributed by atoms with Crippen LogP contribution in [0.4, 0.5) is 11.4 Å². The molecule has 0 spiro atoms. The fraction of sp³-hybridized carbons (Fsp3) is 0.538. The fourth-order valence-electron chi connectivity index (χ4n) is 2.29. The molecule has 1 atom stereocenters. The van der Waals surface area contributed by atoms with Crippen molar-refractivity contribution in [3.8, 4) is 5.75 Å². The Labute approximate surface area is 103 Å². The lowest BCUT2D eigenvalue weighted by Crippen LogP contribution is -2.31. The molecule has 0 aromatic heterocycles. The first-order valence-electron chi connectivity index (χ1n) is 6.08. The summed E-state index contributed by atoms with van der Waals surface area (Å²) in [5.41, 5.74) is 7.52. The molecule has 17 heavy (non-hydrogen) atoms. The third kappa shape index (κ3) is 2.82. The van der Waals surface area contributed by atoms with Gasteiger partial charge in [0.05, 0.1) is 12.8 Å². The van der Waals surface area contributed by atoms with Gasteiger partial charge in [0.25, 0.3) is 0 Å². The van der Waals surface area contributed by atoms with Gasteiger partial charge in [0.2, 0.25) is 0 Å². The molecule has 3 N–H and O–H groups in total. The first-order valence-corrected chi connectivity index (χ1v) is 6.08. The van der Waals surface area contributed by atoms with Gasteiger partial charge in [-0.25, -0.2) is 0 Å². The second kappa shape index (κ2) is 5.27. The minimum absolute atomic E-state index is 0.638. The second-order valence-electron chi connectivity index (χ2n) is 4.61. The SMILES string of the molecule is COc1cc(NCC2CCCN2C)ccc1N. The molecule has 2 rings (SSSR count). The van der Waals surface area contributed by atoms with Crippen molar-refractivity contribution in [2.24, 2.45) is 0 Å². The number of nitrogens with one attached hydrogen (secondary N) is 1. The van der Waals surface area contributed by atoms with Gasteiger partial charge in [-0.2, -0.15) is 0 Å². The monoisotopic (exact) mass is 235 g/mol. The minimum Gasteiger partial charge on any atom is -0.495 e. The van der Waals surface area contributed by atoms with Crippen molar-refractivity contribution in [1.82, 2.24) is 4.90 Å². The first kappa shape index (κ1) is 12.0. The summed E-state index contributed by atoms with van der Waals surface area (Å²) in [6, 6.07) is 6.45. The van der Waals surface area contributed by atoms with Crippen LogP contribution in [0.1, 0.15) is 12.8 Å². The van der Waals surface area contributed by atoms with Gasteiger partial charge in [-0.3, -0.25) is 0 Å².